The summed E-state index contributed by atoms with van der Waals surface area (Å²) in [5.74, 6) is 1.76. The molecular formula is C23H19N7O3S. The van der Waals surface area contributed by atoms with Crippen molar-refractivity contribution in [3.63, 3.8) is 0 Å². The van der Waals surface area contributed by atoms with Gasteiger partial charge in [0.2, 0.25) is 17.6 Å². The van der Waals surface area contributed by atoms with Crippen LogP contribution in [0.2, 0.25) is 0 Å². The minimum absolute atomic E-state index is 0.333. The molecule has 10 nitrogen and oxygen atoms in total. The number of carbonyl (C=O) groups excluding carboxylic acids is 1. The Morgan fingerprint density at radius 1 is 1.18 bits per heavy atom. The van der Waals surface area contributed by atoms with E-state index in [-0.39, 0.29) is 5.91 Å². The summed E-state index contributed by atoms with van der Waals surface area (Å²) >= 11 is 1.31. The molecule has 2 N–H and O–H groups in total. The minimum Gasteiger partial charge on any atom is -0.477 e. The van der Waals surface area contributed by atoms with Gasteiger partial charge in [-0.05, 0) is 30.5 Å². The zero-order valence-corrected chi connectivity index (χ0v) is 19.1. The van der Waals surface area contributed by atoms with E-state index in [1.165, 1.54) is 23.6 Å². The number of aryl methyl sites for hydroxylation is 1. The zero-order valence-electron chi connectivity index (χ0n) is 18.3. The van der Waals surface area contributed by atoms with Gasteiger partial charge in [0.1, 0.15) is 10.5 Å². The maximum Gasteiger partial charge on any atom is 0.251 e. The highest BCUT2D eigenvalue weighted by Crippen LogP contribution is 2.32. The first-order valence-corrected chi connectivity index (χ1v) is 11.2. The molecule has 0 unspecified atom stereocenters. The molecule has 170 valence electrons. The maximum atomic E-state index is 12.4. The van der Waals surface area contributed by atoms with Crippen molar-refractivity contribution in [1.82, 2.24) is 25.1 Å². The summed E-state index contributed by atoms with van der Waals surface area (Å²) in [7, 11) is 0. The van der Waals surface area contributed by atoms with E-state index in [4.69, 9.17) is 9.26 Å². The number of pyridine rings is 2. The van der Waals surface area contributed by atoms with Crippen molar-refractivity contribution in [3.05, 3.63) is 60.9 Å². The third-order valence-electron chi connectivity index (χ3n) is 4.79. The zero-order chi connectivity index (χ0) is 23.5. The Morgan fingerprint density at radius 3 is 2.88 bits per heavy atom. The molecule has 4 heterocycles. The van der Waals surface area contributed by atoms with Crippen LogP contribution in [0.25, 0.3) is 32.4 Å². The van der Waals surface area contributed by atoms with E-state index >= 15 is 0 Å². The fourth-order valence-corrected chi connectivity index (χ4v) is 4.21. The first-order chi connectivity index (χ1) is 16.6. The van der Waals surface area contributed by atoms with Gasteiger partial charge < -0.3 is 14.6 Å². The highest BCUT2D eigenvalue weighted by molar-refractivity contribution is 7.22. The van der Waals surface area contributed by atoms with Crippen LogP contribution in [0.4, 0.5) is 10.9 Å². The lowest BCUT2D eigenvalue weighted by atomic mass is 10.1. The summed E-state index contributed by atoms with van der Waals surface area (Å²) in [6.07, 6.45) is 6.23. The summed E-state index contributed by atoms with van der Waals surface area (Å²) in [5, 5.41) is 12.1. The van der Waals surface area contributed by atoms with Gasteiger partial charge in [0, 0.05) is 42.5 Å². The lowest BCUT2D eigenvalue weighted by Crippen LogP contribution is -2.08. The Balaban J connectivity index is 1.31. The molecule has 0 aliphatic heterocycles. The average molecular weight is 474 g/mol. The molecule has 0 aliphatic rings. The standard InChI is InChI=1S/C23H19N7O3S/c1-3-32-22-19-17(7-10-26-22)28-23(34-19)29-18(31)8-11-25-21-16-12-15(20-27-13(2)33-30-20)5-4-14(16)6-9-24-21/h4-12H,3H2,1-2H3,(H,24,25)(H,28,29,31). The molecule has 0 fully saturated rings. The van der Waals surface area contributed by atoms with Crippen LogP contribution in [-0.4, -0.2) is 37.6 Å². The molecule has 1 aromatic carbocycles. The Morgan fingerprint density at radius 2 is 2.06 bits per heavy atom. The van der Waals surface area contributed by atoms with Crippen LogP contribution in [0, 0.1) is 6.92 Å². The van der Waals surface area contributed by atoms with E-state index in [1.54, 1.807) is 25.4 Å². The Bertz CT molecular complexity index is 1530. The topological polar surface area (TPSA) is 128 Å². The van der Waals surface area contributed by atoms with E-state index in [9.17, 15) is 4.79 Å². The normalized spacial score (nSPS) is 11.4. The van der Waals surface area contributed by atoms with Crippen molar-refractivity contribution in [2.45, 2.75) is 13.8 Å². The lowest BCUT2D eigenvalue weighted by molar-refractivity contribution is -0.111. The third-order valence-corrected chi connectivity index (χ3v) is 5.76. The molecule has 0 bridgehead atoms. The predicted molar refractivity (Wildman–Crippen MR) is 130 cm³/mol. The number of fused-ring (bicyclic) bond motifs is 2. The van der Waals surface area contributed by atoms with E-state index in [2.05, 4.69) is 35.7 Å². The predicted octanol–water partition coefficient (Wildman–Crippen LogP) is 4.56. The lowest BCUT2D eigenvalue weighted by Gasteiger charge is -2.06. The van der Waals surface area contributed by atoms with E-state index in [0.717, 1.165) is 21.0 Å². The van der Waals surface area contributed by atoms with Crippen molar-refractivity contribution in [2.75, 3.05) is 17.2 Å². The first-order valence-electron chi connectivity index (χ1n) is 10.4. The smallest absolute Gasteiger partial charge is 0.251 e. The second kappa shape index (κ2) is 9.24. The number of hydrogen-bond donors (Lipinski definition) is 2. The minimum atomic E-state index is -0.333. The summed E-state index contributed by atoms with van der Waals surface area (Å²) in [6.45, 7) is 4.13. The second-order valence-electron chi connectivity index (χ2n) is 7.12. The quantitative estimate of drug-likeness (QED) is 0.327. The summed E-state index contributed by atoms with van der Waals surface area (Å²) in [4.78, 5) is 29.7. The molecule has 0 spiro atoms. The van der Waals surface area contributed by atoms with Crippen LogP contribution >= 0.6 is 11.3 Å². The molecule has 0 saturated carbocycles. The fourth-order valence-electron chi connectivity index (χ4n) is 3.31. The van der Waals surface area contributed by atoms with Crippen molar-refractivity contribution in [1.29, 1.82) is 0 Å². The van der Waals surface area contributed by atoms with Crippen molar-refractivity contribution < 1.29 is 14.1 Å². The number of hydrogen-bond acceptors (Lipinski definition) is 10. The molecule has 0 saturated heterocycles. The van der Waals surface area contributed by atoms with Gasteiger partial charge in [-0.2, -0.15) is 4.98 Å². The van der Waals surface area contributed by atoms with E-state index in [0.29, 0.717) is 40.7 Å². The molecule has 0 radical (unpaired) electrons. The van der Waals surface area contributed by atoms with Crippen molar-refractivity contribution in [2.24, 2.45) is 0 Å². The highest BCUT2D eigenvalue weighted by atomic mass is 32.1. The number of aromatic nitrogens is 5. The van der Waals surface area contributed by atoms with Gasteiger partial charge in [-0.25, -0.2) is 15.0 Å². The van der Waals surface area contributed by atoms with Crippen LogP contribution in [-0.2, 0) is 4.79 Å². The number of thiazole rings is 1. The van der Waals surface area contributed by atoms with Gasteiger partial charge in [-0.15, -0.1) is 0 Å². The molecule has 5 rings (SSSR count). The van der Waals surface area contributed by atoms with Crippen LogP contribution in [0.3, 0.4) is 0 Å². The number of amides is 1. The number of nitrogens with zero attached hydrogens (tertiary/aromatic N) is 5. The molecule has 0 atom stereocenters. The third kappa shape index (κ3) is 4.41. The van der Waals surface area contributed by atoms with Gasteiger partial charge in [0.15, 0.2) is 5.13 Å². The second-order valence-corrected chi connectivity index (χ2v) is 8.11. The molecule has 4 aromatic heterocycles. The number of rotatable bonds is 7. The number of nitrogens with one attached hydrogen (secondary N) is 2. The van der Waals surface area contributed by atoms with Crippen molar-refractivity contribution >= 4 is 49.2 Å². The van der Waals surface area contributed by atoms with Gasteiger partial charge in [0.05, 0.1) is 12.1 Å². The Hall–Kier alpha value is -4.38. The highest BCUT2D eigenvalue weighted by Gasteiger charge is 2.12. The summed E-state index contributed by atoms with van der Waals surface area (Å²) in [5.41, 5.74) is 1.52. The maximum absolute atomic E-state index is 12.4. The van der Waals surface area contributed by atoms with Crippen LogP contribution in [0.1, 0.15) is 12.8 Å². The fraction of sp³-hybridized carbons (Fsp3) is 0.130. The Labute approximate surface area is 197 Å². The van der Waals surface area contributed by atoms with Gasteiger partial charge >= 0.3 is 0 Å². The Kier molecular flexibility index (Phi) is 5.83. The molecule has 11 heteroatoms. The monoisotopic (exact) mass is 473 g/mol. The van der Waals surface area contributed by atoms with Crippen molar-refractivity contribution in [3.8, 4) is 17.3 Å². The first kappa shape index (κ1) is 21.5. The SMILES string of the molecule is CCOc1nccc2nc(NC(=O)C=CNc3nccc4ccc(-c5noc(C)n5)cc34)sc12. The van der Waals surface area contributed by atoms with E-state index < -0.39 is 0 Å². The summed E-state index contributed by atoms with van der Waals surface area (Å²) < 4.78 is 11.4. The largest absolute Gasteiger partial charge is 0.477 e. The molecule has 1 amide bonds. The molecule has 5 aromatic rings. The van der Waals surface area contributed by atoms with Gasteiger partial charge in [0.25, 0.3) is 5.91 Å². The average Bonchev–Trinajstić information content (AvgIpc) is 3.45. The molecule has 34 heavy (non-hydrogen) atoms. The molecule has 0 aliphatic carbocycles. The number of benzene rings is 1. The van der Waals surface area contributed by atoms with Crippen LogP contribution in [0.15, 0.2) is 59.5 Å². The van der Waals surface area contributed by atoms with Gasteiger partial charge in [-0.1, -0.05) is 28.6 Å². The summed E-state index contributed by atoms with van der Waals surface area (Å²) in [6, 6.07) is 9.48. The number of anilines is 2. The van der Waals surface area contributed by atoms with Gasteiger partial charge in [-0.3, -0.25) is 10.1 Å². The van der Waals surface area contributed by atoms with E-state index in [1.807, 2.05) is 31.2 Å². The number of carbonyl (C=O) groups is 1. The van der Waals surface area contributed by atoms with Crippen LogP contribution in [0.5, 0.6) is 5.88 Å². The number of ether oxygens (including phenoxy) is 1. The van der Waals surface area contributed by atoms with Crippen LogP contribution < -0.4 is 15.4 Å². The molecular weight excluding hydrogens is 454 g/mol.